The van der Waals surface area contributed by atoms with Gasteiger partial charge in [-0.2, -0.15) is 0 Å². The normalized spacial score (nSPS) is 13.4. The molecule has 1 unspecified atom stereocenters. The Balaban J connectivity index is 2.47. The smallest absolute Gasteiger partial charge is 0.281 e. The molecule has 2 aromatic carbocycles. The van der Waals surface area contributed by atoms with Crippen LogP contribution in [0.5, 0.6) is 11.5 Å². The van der Waals surface area contributed by atoms with Gasteiger partial charge in [-0.15, -0.1) is 0 Å². The number of nitro benzene ring substituents is 1. The maximum Gasteiger partial charge on any atom is 0.281 e. The molecule has 0 heterocycles. The van der Waals surface area contributed by atoms with Gasteiger partial charge in [0.1, 0.15) is 16.8 Å². The van der Waals surface area contributed by atoms with E-state index in [1.807, 2.05) is 0 Å². The lowest BCUT2D eigenvalue weighted by Crippen LogP contribution is -2.10. The Labute approximate surface area is 147 Å². The van der Waals surface area contributed by atoms with E-state index in [0.717, 1.165) is 0 Å². The quantitative estimate of drug-likeness (QED) is 0.362. The summed E-state index contributed by atoms with van der Waals surface area (Å²) in [6.07, 6.45) is 0.0839. The van der Waals surface area contributed by atoms with Gasteiger partial charge in [0.05, 0.1) is 9.95 Å². The van der Waals surface area contributed by atoms with Gasteiger partial charge < -0.3 is 9.30 Å². The molecule has 0 aliphatic rings. The number of ether oxygens (including phenoxy) is 1. The van der Waals surface area contributed by atoms with E-state index in [9.17, 15) is 14.7 Å². The average molecular weight is 395 g/mol. The summed E-state index contributed by atoms with van der Waals surface area (Å²) >= 11 is 17.8. The highest BCUT2D eigenvalue weighted by molar-refractivity contribution is 7.95. The molecule has 0 amide bonds. The Hall–Kier alpha value is -1.26. The van der Waals surface area contributed by atoms with Crippen LogP contribution in [0.15, 0.2) is 36.4 Å². The van der Waals surface area contributed by atoms with E-state index in [1.165, 1.54) is 24.3 Å². The van der Waals surface area contributed by atoms with E-state index in [1.54, 1.807) is 19.1 Å². The minimum Gasteiger partial charge on any atom is -0.456 e. The van der Waals surface area contributed by atoms with Crippen LogP contribution in [0.25, 0.3) is 0 Å². The van der Waals surface area contributed by atoms with Gasteiger partial charge in [-0.3, -0.25) is 10.1 Å². The standard InChI is InChI=1S/C14H11Cl3NO4P/c1-2-23(17,21)14-8-10(4-5-12(14)18(19)20)22-13-6-3-9(15)7-11(13)16/h3-8H,2H2,1H3. The van der Waals surface area contributed by atoms with Gasteiger partial charge in [-0.25, -0.2) is 0 Å². The van der Waals surface area contributed by atoms with Crippen molar-refractivity contribution in [3.63, 3.8) is 0 Å². The molecule has 0 aliphatic carbocycles. The fraction of sp³-hybridized carbons (Fsp3) is 0.143. The number of nitrogens with zero attached hydrogens (tertiary/aromatic N) is 1. The van der Waals surface area contributed by atoms with Gasteiger partial charge in [0.25, 0.3) is 5.69 Å². The zero-order valence-electron chi connectivity index (χ0n) is 11.8. The van der Waals surface area contributed by atoms with Gasteiger partial charge in [0.2, 0.25) is 6.49 Å². The number of hydrogen-bond acceptors (Lipinski definition) is 4. The van der Waals surface area contributed by atoms with Crippen molar-refractivity contribution in [3.8, 4) is 11.5 Å². The third kappa shape index (κ3) is 4.18. The molecule has 5 nitrogen and oxygen atoms in total. The van der Waals surface area contributed by atoms with E-state index in [2.05, 4.69) is 0 Å². The zero-order chi connectivity index (χ0) is 17.2. The minimum absolute atomic E-state index is 0.0470. The first kappa shape index (κ1) is 18.1. The third-order valence-electron chi connectivity index (χ3n) is 3.03. The van der Waals surface area contributed by atoms with Crippen LogP contribution in [0.2, 0.25) is 10.0 Å². The van der Waals surface area contributed by atoms with Crippen molar-refractivity contribution in [1.82, 2.24) is 0 Å². The van der Waals surface area contributed by atoms with E-state index >= 15 is 0 Å². The molecule has 0 saturated heterocycles. The second kappa shape index (κ2) is 7.10. The summed E-state index contributed by atoms with van der Waals surface area (Å²) in [5.41, 5.74) is -0.306. The molecular formula is C14H11Cl3NO4P. The van der Waals surface area contributed by atoms with Crippen LogP contribution in [-0.2, 0) is 4.57 Å². The van der Waals surface area contributed by atoms with Crippen molar-refractivity contribution < 1.29 is 14.2 Å². The summed E-state index contributed by atoms with van der Waals surface area (Å²) in [7, 11) is 0. The zero-order valence-corrected chi connectivity index (χ0v) is 15.0. The van der Waals surface area contributed by atoms with Gasteiger partial charge in [0, 0.05) is 17.3 Å². The van der Waals surface area contributed by atoms with Crippen LogP contribution in [0, 0.1) is 10.1 Å². The van der Waals surface area contributed by atoms with Crippen molar-refractivity contribution in [2.24, 2.45) is 0 Å². The van der Waals surface area contributed by atoms with Gasteiger partial charge in [0.15, 0.2) is 0 Å². The van der Waals surface area contributed by atoms with E-state index in [-0.39, 0.29) is 27.9 Å². The summed E-state index contributed by atoms with van der Waals surface area (Å²) in [5, 5.41) is 11.8. The Morgan fingerprint density at radius 3 is 2.48 bits per heavy atom. The van der Waals surface area contributed by atoms with Crippen LogP contribution in [0.3, 0.4) is 0 Å². The number of rotatable bonds is 5. The van der Waals surface area contributed by atoms with Crippen molar-refractivity contribution >= 4 is 51.9 Å². The fourth-order valence-electron chi connectivity index (χ4n) is 1.84. The van der Waals surface area contributed by atoms with E-state index in [4.69, 9.17) is 39.2 Å². The molecule has 0 bridgehead atoms. The van der Waals surface area contributed by atoms with Crippen molar-refractivity contribution in [1.29, 1.82) is 0 Å². The second-order valence-corrected chi connectivity index (χ2v) is 9.45. The van der Waals surface area contributed by atoms with Crippen molar-refractivity contribution in [2.75, 3.05) is 6.16 Å². The molecule has 0 aliphatic heterocycles. The lowest BCUT2D eigenvalue weighted by molar-refractivity contribution is -0.383. The average Bonchev–Trinajstić information content (AvgIpc) is 2.49. The Kier molecular flexibility index (Phi) is 5.58. The van der Waals surface area contributed by atoms with Crippen LogP contribution in [0.1, 0.15) is 6.92 Å². The summed E-state index contributed by atoms with van der Waals surface area (Å²) in [6.45, 7) is -1.77. The highest BCUT2D eigenvalue weighted by atomic mass is 35.7. The molecule has 23 heavy (non-hydrogen) atoms. The van der Waals surface area contributed by atoms with Crippen LogP contribution >= 0.6 is 40.9 Å². The lowest BCUT2D eigenvalue weighted by atomic mass is 10.3. The van der Waals surface area contributed by atoms with E-state index in [0.29, 0.717) is 10.8 Å². The molecule has 2 rings (SSSR count). The highest BCUT2D eigenvalue weighted by Gasteiger charge is 2.29. The van der Waals surface area contributed by atoms with Gasteiger partial charge >= 0.3 is 0 Å². The predicted octanol–water partition coefficient (Wildman–Crippen LogP) is 5.86. The number of benzene rings is 2. The molecule has 122 valence electrons. The molecule has 2 aromatic rings. The topological polar surface area (TPSA) is 69.4 Å². The first-order chi connectivity index (χ1) is 10.7. The predicted molar refractivity (Wildman–Crippen MR) is 93.3 cm³/mol. The molecular weight excluding hydrogens is 383 g/mol. The number of nitro groups is 1. The first-order valence-corrected chi connectivity index (χ1v) is 10.0. The minimum atomic E-state index is -3.37. The van der Waals surface area contributed by atoms with Crippen LogP contribution in [-0.4, -0.2) is 11.1 Å². The molecule has 0 radical (unpaired) electrons. The molecule has 0 N–H and O–H groups in total. The maximum atomic E-state index is 12.4. The Bertz CT molecular complexity index is 813. The third-order valence-corrected chi connectivity index (χ3v) is 6.72. The highest BCUT2D eigenvalue weighted by Crippen LogP contribution is 2.52. The summed E-state index contributed by atoms with van der Waals surface area (Å²) in [6, 6.07) is 8.56. The van der Waals surface area contributed by atoms with Crippen LogP contribution in [0.4, 0.5) is 5.69 Å². The molecule has 0 fully saturated rings. The van der Waals surface area contributed by atoms with Gasteiger partial charge in [-0.1, -0.05) is 30.1 Å². The Morgan fingerprint density at radius 1 is 1.22 bits per heavy atom. The molecule has 1 atom stereocenters. The molecule has 0 spiro atoms. The van der Waals surface area contributed by atoms with Crippen molar-refractivity contribution in [2.45, 2.75) is 6.92 Å². The maximum absolute atomic E-state index is 12.4. The lowest BCUT2D eigenvalue weighted by Gasteiger charge is -2.12. The number of hydrogen-bond donors (Lipinski definition) is 0. The summed E-state index contributed by atoms with van der Waals surface area (Å²) < 4.78 is 18.0. The Morgan fingerprint density at radius 2 is 1.91 bits per heavy atom. The fourth-order valence-corrected chi connectivity index (χ4v) is 3.86. The van der Waals surface area contributed by atoms with Crippen LogP contribution < -0.4 is 10.0 Å². The molecule has 0 aromatic heterocycles. The summed E-state index contributed by atoms with van der Waals surface area (Å²) in [4.78, 5) is 10.5. The summed E-state index contributed by atoms with van der Waals surface area (Å²) in [5.74, 6) is 0.556. The second-order valence-electron chi connectivity index (χ2n) is 4.55. The monoisotopic (exact) mass is 393 g/mol. The molecule has 9 heteroatoms. The molecule has 0 saturated carbocycles. The van der Waals surface area contributed by atoms with E-state index < -0.39 is 11.4 Å². The van der Waals surface area contributed by atoms with Crippen molar-refractivity contribution in [3.05, 3.63) is 56.6 Å². The number of halogens is 3. The SMILES string of the molecule is CCP(=O)(Cl)c1cc(Oc2ccc(Cl)cc2Cl)ccc1[N+](=O)[O-]. The van der Waals surface area contributed by atoms with Gasteiger partial charge in [-0.05, 0) is 41.6 Å². The first-order valence-electron chi connectivity index (χ1n) is 6.45. The largest absolute Gasteiger partial charge is 0.456 e.